The van der Waals surface area contributed by atoms with Gasteiger partial charge in [-0.15, -0.1) is 0 Å². The number of nitrogens with one attached hydrogen (secondary N) is 1. The van der Waals surface area contributed by atoms with E-state index in [0.29, 0.717) is 26.3 Å². The lowest BCUT2D eigenvalue weighted by atomic mass is 10.2. The van der Waals surface area contributed by atoms with Gasteiger partial charge in [0.15, 0.2) is 0 Å². The maximum Gasteiger partial charge on any atom is 0.410 e. The molecule has 4 heterocycles. The first-order valence-electron chi connectivity index (χ1n) is 10.3. The fourth-order valence-corrected chi connectivity index (χ4v) is 3.70. The summed E-state index contributed by atoms with van der Waals surface area (Å²) in [6, 6.07) is 4.14. The van der Waals surface area contributed by atoms with Gasteiger partial charge in [0.1, 0.15) is 11.8 Å². The highest BCUT2D eigenvalue weighted by atomic mass is 16.6. The van der Waals surface area contributed by atoms with Crippen molar-refractivity contribution in [2.45, 2.75) is 20.0 Å². The summed E-state index contributed by atoms with van der Waals surface area (Å²) in [7, 11) is 1.90. The summed E-state index contributed by atoms with van der Waals surface area (Å²) < 4.78 is 12.6. The van der Waals surface area contributed by atoms with E-state index in [1.54, 1.807) is 9.58 Å². The van der Waals surface area contributed by atoms with E-state index in [1.807, 2.05) is 45.6 Å². The largest absolute Gasteiger partial charge is 0.444 e. The van der Waals surface area contributed by atoms with Gasteiger partial charge in [0, 0.05) is 68.9 Å². The number of anilines is 1. The third-order valence-corrected chi connectivity index (χ3v) is 5.26. The lowest BCUT2D eigenvalue weighted by molar-refractivity contribution is 0.0159. The molecule has 1 unspecified atom stereocenters. The Labute approximate surface area is 175 Å². The molecule has 0 radical (unpaired) electrons. The molecule has 160 valence electrons. The average Bonchev–Trinajstić information content (AvgIpc) is 3.38. The summed E-state index contributed by atoms with van der Waals surface area (Å²) in [5.41, 5.74) is 3.97. The molecule has 30 heavy (non-hydrogen) atoms. The average molecular weight is 412 g/mol. The van der Waals surface area contributed by atoms with Crippen molar-refractivity contribution in [2.75, 3.05) is 44.3 Å². The fourth-order valence-electron chi connectivity index (χ4n) is 3.70. The molecule has 1 saturated heterocycles. The number of fused-ring (bicyclic) bond motifs is 1. The molecule has 0 spiro atoms. The Morgan fingerprint density at radius 1 is 1.30 bits per heavy atom. The Morgan fingerprint density at radius 3 is 2.80 bits per heavy atom. The third kappa shape index (κ3) is 4.25. The highest BCUT2D eigenvalue weighted by molar-refractivity contribution is 5.93. The molecule has 1 aliphatic heterocycles. The highest BCUT2D eigenvalue weighted by Crippen LogP contribution is 2.30. The predicted molar refractivity (Wildman–Crippen MR) is 115 cm³/mol. The predicted octanol–water partition coefficient (Wildman–Crippen LogP) is 2.65. The van der Waals surface area contributed by atoms with Crippen LogP contribution in [0.2, 0.25) is 0 Å². The van der Waals surface area contributed by atoms with Gasteiger partial charge in [0.25, 0.3) is 0 Å². The van der Waals surface area contributed by atoms with Crippen molar-refractivity contribution in [2.24, 2.45) is 7.05 Å². The van der Waals surface area contributed by atoms with Crippen LogP contribution >= 0.6 is 0 Å². The number of ether oxygens (including phenoxy) is 2. The Morgan fingerprint density at radius 2 is 2.10 bits per heavy atom. The molecule has 3 aromatic heterocycles. The number of H-pyrrole nitrogens is 1. The first kappa shape index (κ1) is 20.2. The number of carbonyl (C=O) groups excluding carboxylic acids is 1. The van der Waals surface area contributed by atoms with Crippen molar-refractivity contribution in [3.05, 3.63) is 30.7 Å². The molecule has 9 heteroatoms. The Bertz CT molecular complexity index is 1010. The van der Waals surface area contributed by atoms with Crippen LogP contribution in [-0.2, 0) is 16.5 Å². The van der Waals surface area contributed by atoms with Crippen LogP contribution in [0.3, 0.4) is 0 Å². The van der Waals surface area contributed by atoms with Crippen LogP contribution in [0.15, 0.2) is 30.7 Å². The number of hydrogen-bond acceptors (Lipinski definition) is 6. The minimum absolute atomic E-state index is 0.249. The van der Waals surface area contributed by atoms with Crippen molar-refractivity contribution in [1.82, 2.24) is 24.6 Å². The fraction of sp³-hybridized carbons (Fsp3) is 0.476. The van der Waals surface area contributed by atoms with Crippen LogP contribution in [0.5, 0.6) is 0 Å². The zero-order valence-electron chi connectivity index (χ0n) is 17.7. The van der Waals surface area contributed by atoms with Crippen LogP contribution in [0.25, 0.3) is 22.3 Å². The standard InChI is InChI=1S/C21H28N6O3/c1-4-29-14-15(2)30-21(28)27-9-7-26(8-10-27)19-5-6-22-20-17(19)11-18(24-20)16-12-23-25(3)13-16/h5-6,11-13,15H,4,7-10,14H2,1-3H3,(H,22,24). The lowest BCUT2D eigenvalue weighted by Crippen LogP contribution is -2.49. The Balaban J connectivity index is 1.43. The molecule has 0 aliphatic carbocycles. The number of aromatic amines is 1. The van der Waals surface area contributed by atoms with Gasteiger partial charge in [0.2, 0.25) is 0 Å². The molecule has 1 fully saturated rings. The molecule has 1 atom stereocenters. The molecule has 1 aliphatic rings. The number of amides is 1. The van der Waals surface area contributed by atoms with Gasteiger partial charge in [-0.05, 0) is 26.0 Å². The third-order valence-electron chi connectivity index (χ3n) is 5.26. The normalized spacial score (nSPS) is 15.6. The number of rotatable bonds is 6. The van der Waals surface area contributed by atoms with E-state index >= 15 is 0 Å². The molecule has 1 amide bonds. The van der Waals surface area contributed by atoms with Gasteiger partial charge in [-0.1, -0.05) is 0 Å². The van der Waals surface area contributed by atoms with Crippen molar-refractivity contribution in [3.63, 3.8) is 0 Å². The van der Waals surface area contributed by atoms with Crippen LogP contribution in [0.1, 0.15) is 13.8 Å². The number of carbonyl (C=O) groups is 1. The quantitative estimate of drug-likeness (QED) is 0.670. The summed E-state index contributed by atoms with van der Waals surface area (Å²) in [6.45, 7) is 7.51. The van der Waals surface area contributed by atoms with Crippen molar-refractivity contribution < 1.29 is 14.3 Å². The molecule has 1 N–H and O–H groups in total. The van der Waals surface area contributed by atoms with Gasteiger partial charge in [-0.2, -0.15) is 5.10 Å². The number of pyridine rings is 1. The van der Waals surface area contributed by atoms with Gasteiger partial charge in [-0.3, -0.25) is 4.68 Å². The van der Waals surface area contributed by atoms with Crippen LogP contribution < -0.4 is 4.90 Å². The van der Waals surface area contributed by atoms with Crippen LogP contribution in [0.4, 0.5) is 10.5 Å². The van der Waals surface area contributed by atoms with Gasteiger partial charge in [-0.25, -0.2) is 9.78 Å². The second-order valence-corrected chi connectivity index (χ2v) is 7.51. The number of piperazine rings is 1. The first-order valence-corrected chi connectivity index (χ1v) is 10.3. The Hall–Kier alpha value is -3.07. The van der Waals surface area contributed by atoms with Crippen molar-refractivity contribution in [3.8, 4) is 11.3 Å². The monoisotopic (exact) mass is 412 g/mol. The smallest absolute Gasteiger partial charge is 0.410 e. The molecular weight excluding hydrogens is 384 g/mol. The van der Waals surface area contributed by atoms with E-state index in [9.17, 15) is 4.79 Å². The highest BCUT2D eigenvalue weighted by Gasteiger charge is 2.25. The summed E-state index contributed by atoms with van der Waals surface area (Å²) >= 11 is 0. The molecule has 0 bridgehead atoms. The molecule has 0 aromatic carbocycles. The Kier molecular flexibility index (Phi) is 5.89. The zero-order valence-corrected chi connectivity index (χ0v) is 17.7. The summed E-state index contributed by atoms with van der Waals surface area (Å²) in [4.78, 5) is 24.3. The maximum atomic E-state index is 12.4. The number of aromatic nitrogens is 4. The van der Waals surface area contributed by atoms with E-state index in [0.717, 1.165) is 41.1 Å². The maximum absolute atomic E-state index is 12.4. The van der Waals surface area contributed by atoms with Crippen LogP contribution in [-0.4, -0.2) is 76.2 Å². The van der Waals surface area contributed by atoms with Crippen molar-refractivity contribution >= 4 is 22.8 Å². The minimum atomic E-state index is -0.276. The molecule has 3 aromatic rings. The molecule has 9 nitrogen and oxygen atoms in total. The van der Waals surface area contributed by atoms with Gasteiger partial charge < -0.3 is 24.3 Å². The topological polar surface area (TPSA) is 88.5 Å². The van der Waals surface area contributed by atoms with Gasteiger partial charge >= 0.3 is 6.09 Å². The minimum Gasteiger partial charge on any atom is -0.444 e. The van der Waals surface area contributed by atoms with E-state index in [4.69, 9.17) is 9.47 Å². The summed E-state index contributed by atoms with van der Waals surface area (Å²) in [6.07, 6.45) is 5.10. The SMILES string of the molecule is CCOCC(C)OC(=O)N1CCN(c2ccnc3[nH]c(-c4cnn(C)c4)cc23)CC1. The van der Waals surface area contributed by atoms with E-state index in [1.165, 1.54) is 0 Å². The first-order chi connectivity index (χ1) is 14.5. The van der Waals surface area contributed by atoms with E-state index < -0.39 is 0 Å². The summed E-state index contributed by atoms with van der Waals surface area (Å²) in [5, 5.41) is 5.31. The van der Waals surface area contributed by atoms with E-state index in [2.05, 4.69) is 26.0 Å². The molecule has 0 saturated carbocycles. The number of nitrogens with zero attached hydrogens (tertiary/aromatic N) is 5. The second-order valence-electron chi connectivity index (χ2n) is 7.51. The van der Waals surface area contributed by atoms with E-state index in [-0.39, 0.29) is 12.2 Å². The van der Waals surface area contributed by atoms with Crippen LogP contribution in [0, 0.1) is 0 Å². The molecular formula is C21H28N6O3. The number of hydrogen-bond donors (Lipinski definition) is 1. The van der Waals surface area contributed by atoms with Crippen molar-refractivity contribution in [1.29, 1.82) is 0 Å². The lowest BCUT2D eigenvalue weighted by Gasteiger charge is -2.36. The van der Waals surface area contributed by atoms with Gasteiger partial charge in [0.05, 0.1) is 18.5 Å². The zero-order chi connectivity index (χ0) is 21.1. The number of aryl methyl sites for hydroxylation is 1. The second kappa shape index (κ2) is 8.74. The molecule has 4 rings (SSSR count). The summed E-state index contributed by atoms with van der Waals surface area (Å²) in [5.74, 6) is 0.